The van der Waals surface area contributed by atoms with E-state index >= 15 is 0 Å². The Bertz CT molecular complexity index is 1280. The second-order valence-corrected chi connectivity index (χ2v) is 8.48. The van der Waals surface area contributed by atoms with Crippen LogP contribution in [0.2, 0.25) is 0 Å². The van der Waals surface area contributed by atoms with Gasteiger partial charge in [0.1, 0.15) is 17.3 Å². The van der Waals surface area contributed by atoms with Crippen LogP contribution in [0.4, 0.5) is 15.8 Å². The highest BCUT2D eigenvalue weighted by Crippen LogP contribution is 2.19. The van der Waals surface area contributed by atoms with E-state index in [9.17, 15) is 18.8 Å². The summed E-state index contributed by atoms with van der Waals surface area (Å²) in [7, 11) is 0. The van der Waals surface area contributed by atoms with Crippen LogP contribution in [0.15, 0.2) is 76.3 Å². The van der Waals surface area contributed by atoms with Gasteiger partial charge in [-0.1, -0.05) is 35.0 Å². The lowest BCUT2D eigenvalue weighted by atomic mass is 10.2. The minimum absolute atomic E-state index is 0.0375. The molecule has 3 N–H and O–H groups in total. The standard InChI is InChI=1S/C26H24BrFN4O5/c1-2-12-36-20-9-7-19(8-10-20)30-25(34)26(35)32-29-15-17-4-3-5-21(13-17)37-16-24(33)31-23-11-6-18(27)14-22(23)28/h3-11,13-15H,2,12,16H2,1H3,(H,30,34)(H,31,33)(H,32,35)/b29-15-. The van der Waals surface area contributed by atoms with E-state index < -0.39 is 23.5 Å². The van der Waals surface area contributed by atoms with Crippen molar-refractivity contribution in [1.29, 1.82) is 0 Å². The van der Waals surface area contributed by atoms with Gasteiger partial charge >= 0.3 is 11.8 Å². The molecule has 0 saturated heterocycles. The molecule has 3 aromatic carbocycles. The molecule has 0 aromatic heterocycles. The van der Waals surface area contributed by atoms with Crippen LogP contribution in [0, 0.1) is 5.82 Å². The summed E-state index contributed by atoms with van der Waals surface area (Å²) in [6, 6.07) is 17.4. The smallest absolute Gasteiger partial charge is 0.329 e. The maximum absolute atomic E-state index is 13.9. The monoisotopic (exact) mass is 570 g/mol. The largest absolute Gasteiger partial charge is 0.494 e. The number of halogens is 2. The number of nitrogens with one attached hydrogen (secondary N) is 3. The number of hydrogen-bond donors (Lipinski definition) is 3. The van der Waals surface area contributed by atoms with Crippen LogP contribution in [0.5, 0.6) is 11.5 Å². The number of anilines is 2. The van der Waals surface area contributed by atoms with E-state index in [1.165, 1.54) is 18.3 Å². The van der Waals surface area contributed by atoms with Crippen molar-refractivity contribution in [2.45, 2.75) is 13.3 Å². The zero-order chi connectivity index (χ0) is 26.6. The van der Waals surface area contributed by atoms with Crippen molar-refractivity contribution >= 4 is 51.2 Å². The van der Waals surface area contributed by atoms with Crippen LogP contribution >= 0.6 is 15.9 Å². The quantitative estimate of drug-likeness (QED) is 0.189. The van der Waals surface area contributed by atoms with Crippen molar-refractivity contribution in [2.24, 2.45) is 5.10 Å². The van der Waals surface area contributed by atoms with Crippen molar-refractivity contribution < 1.29 is 28.2 Å². The molecule has 3 amide bonds. The second-order valence-electron chi connectivity index (χ2n) is 7.56. The average molecular weight is 571 g/mol. The Labute approximate surface area is 221 Å². The summed E-state index contributed by atoms with van der Waals surface area (Å²) in [6.07, 6.45) is 2.19. The maximum Gasteiger partial charge on any atom is 0.329 e. The summed E-state index contributed by atoms with van der Waals surface area (Å²) in [4.78, 5) is 36.2. The molecule has 0 radical (unpaired) electrons. The molecule has 9 nitrogen and oxygen atoms in total. The molecule has 0 spiro atoms. The number of amides is 3. The van der Waals surface area contributed by atoms with E-state index in [-0.39, 0.29) is 12.3 Å². The Balaban J connectivity index is 1.46. The van der Waals surface area contributed by atoms with E-state index in [0.29, 0.717) is 33.8 Å². The highest BCUT2D eigenvalue weighted by Gasteiger charge is 2.13. The van der Waals surface area contributed by atoms with Gasteiger partial charge in [0.05, 0.1) is 18.5 Å². The van der Waals surface area contributed by atoms with E-state index in [2.05, 4.69) is 37.1 Å². The first kappa shape index (κ1) is 27.3. The summed E-state index contributed by atoms with van der Waals surface area (Å²) in [6.45, 7) is 2.24. The fourth-order valence-electron chi connectivity index (χ4n) is 2.87. The lowest BCUT2D eigenvalue weighted by molar-refractivity contribution is -0.136. The molecule has 0 unspecified atom stereocenters. The normalized spacial score (nSPS) is 10.6. The predicted molar refractivity (Wildman–Crippen MR) is 141 cm³/mol. The van der Waals surface area contributed by atoms with Crippen LogP contribution < -0.4 is 25.5 Å². The Morgan fingerprint density at radius 2 is 1.73 bits per heavy atom. The van der Waals surface area contributed by atoms with Gasteiger partial charge in [-0.2, -0.15) is 5.10 Å². The number of hydrogen-bond acceptors (Lipinski definition) is 6. The van der Waals surface area contributed by atoms with Crippen molar-refractivity contribution in [2.75, 3.05) is 23.8 Å². The Hall–Kier alpha value is -4.25. The molecule has 11 heteroatoms. The number of hydrazone groups is 1. The first-order valence-corrected chi connectivity index (χ1v) is 12.0. The third-order valence-electron chi connectivity index (χ3n) is 4.60. The summed E-state index contributed by atoms with van der Waals surface area (Å²) in [5.41, 5.74) is 3.16. The topological polar surface area (TPSA) is 118 Å². The van der Waals surface area contributed by atoms with Crippen molar-refractivity contribution in [3.63, 3.8) is 0 Å². The molecule has 37 heavy (non-hydrogen) atoms. The fraction of sp³-hybridized carbons (Fsp3) is 0.154. The van der Waals surface area contributed by atoms with E-state index in [4.69, 9.17) is 9.47 Å². The van der Waals surface area contributed by atoms with Crippen LogP contribution in [0.25, 0.3) is 0 Å². The second kappa shape index (κ2) is 13.7. The van der Waals surface area contributed by atoms with Gasteiger partial charge in [-0.15, -0.1) is 0 Å². The van der Waals surface area contributed by atoms with Gasteiger partial charge in [-0.25, -0.2) is 9.82 Å². The number of carbonyl (C=O) groups excluding carboxylic acids is 3. The predicted octanol–water partition coefficient (Wildman–Crippen LogP) is 4.48. The third kappa shape index (κ3) is 9.04. The summed E-state index contributed by atoms with van der Waals surface area (Å²) < 4.78 is 25.3. The van der Waals surface area contributed by atoms with Crippen LogP contribution in [0.1, 0.15) is 18.9 Å². The molecular weight excluding hydrogens is 547 g/mol. The molecule has 0 heterocycles. The summed E-state index contributed by atoms with van der Waals surface area (Å²) >= 11 is 3.15. The van der Waals surface area contributed by atoms with Gasteiger partial charge in [0.2, 0.25) is 0 Å². The fourth-order valence-corrected chi connectivity index (χ4v) is 3.20. The minimum Gasteiger partial charge on any atom is -0.494 e. The maximum atomic E-state index is 13.9. The van der Waals surface area contributed by atoms with Crippen LogP contribution in [-0.4, -0.2) is 37.1 Å². The first-order valence-electron chi connectivity index (χ1n) is 11.2. The summed E-state index contributed by atoms with van der Waals surface area (Å²) in [5.74, 6) is -1.94. The lowest BCUT2D eigenvalue weighted by Gasteiger charge is -2.09. The van der Waals surface area contributed by atoms with Gasteiger partial charge in [-0.3, -0.25) is 14.4 Å². The third-order valence-corrected chi connectivity index (χ3v) is 5.10. The molecule has 0 aliphatic rings. The number of ether oxygens (including phenoxy) is 2. The number of benzene rings is 3. The average Bonchev–Trinajstić information content (AvgIpc) is 2.89. The molecule has 192 valence electrons. The Kier molecular flexibility index (Phi) is 10.1. The van der Waals surface area contributed by atoms with Crippen molar-refractivity contribution in [1.82, 2.24) is 5.43 Å². The number of nitrogens with zero attached hydrogens (tertiary/aromatic N) is 1. The van der Waals surface area contributed by atoms with Gasteiger partial charge in [0.15, 0.2) is 6.61 Å². The van der Waals surface area contributed by atoms with E-state index in [1.54, 1.807) is 54.6 Å². The van der Waals surface area contributed by atoms with Crippen LogP contribution in [0.3, 0.4) is 0 Å². The molecule has 3 rings (SSSR count). The Morgan fingerprint density at radius 1 is 0.946 bits per heavy atom. The van der Waals surface area contributed by atoms with Gasteiger partial charge in [-0.05, 0) is 66.6 Å². The summed E-state index contributed by atoms with van der Waals surface area (Å²) in [5, 5.41) is 8.67. The minimum atomic E-state index is -0.952. The zero-order valence-corrected chi connectivity index (χ0v) is 21.4. The highest BCUT2D eigenvalue weighted by atomic mass is 79.9. The van der Waals surface area contributed by atoms with Crippen LogP contribution in [-0.2, 0) is 14.4 Å². The molecular formula is C26H24BrFN4O5. The molecule has 0 aliphatic carbocycles. The molecule has 0 fully saturated rings. The van der Waals surface area contributed by atoms with E-state index in [1.807, 2.05) is 6.92 Å². The molecule has 0 saturated carbocycles. The van der Waals surface area contributed by atoms with E-state index in [0.717, 1.165) is 6.42 Å². The number of rotatable bonds is 10. The zero-order valence-electron chi connectivity index (χ0n) is 19.8. The number of carbonyl (C=O) groups is 3. The van der Waals surface area contributed by atoms with Crippen molar-refractivity contribution in [3.8, 4) is 11.5 Å². The SMILES string of the molecule is CCCOc1ccc(NC(=O)C(=O)N/N=C\c2cccc(OCC(=O)Nc3ccc(Br)cc3F)c2)cc1. The molecule has 0 atom stereocenters. The van der Waals surface area contributed by atoms with Gasteiger partial charge < -0.3 is 20.1 Å². The molecule has 3 aromatic rings. The highest BCUT2D eigenvalue weighted by molar-refractivity contribution is 9.10. The Morgan fingerprint density at radius 3 is 2.46 bits per heavy atom. The lowest BCUT2D eigenvalue weighted by Crippen LogP contribution is -2.32. The van der Waals surface area contributed by atoms with Gasteiger partial charge in [0.25, 0.3) is 5.91 Å². The molecule has 0 aliphatic heterocycles. The van der Waals surface area contributed by atoms with Gasteiger partial charge in [0, 0.05) is 10.2 Å². The first-order chi connectivity index (χ1) is 17.8. The van der Waals surface area contributed by atoms with Crippen molar-refractivity contribution in [3.05, 3.63) is 82.6 Å². The molecule has 0 bridgehead atoms.